The van der Waals surface area contributed by atoms with Crippen molar-refractivity contribution in [1.82, 2.24) is 14.3 Å². The predicted molar refractivity (Wildman–Crippen MR) is 106 cm³/mol. The van der Waals surface area contributed by atoms with Crippen LogP contribution in [0.1, 0.15) is 17.0 Å². The average Bonchev–Trinajstić information content (AvgIpc) is 3.09. The number of aromatic hydroxyl groups is 1. The Kier molecular flexibility index (Phi) is 4.15. The number of hydrogen-bond donors (Lipinski definition) is 2. The highest BCUT2D eigenvalue weighted by Crippen LogP contribution is 2.39. The lowest BCUT2D eigenvalue weighted by Crippen LogP contribution is -2.02. The zero-order valence-electron chi connectivity index (χ0n) is 15.7. The van der Waals surface area contributed by atoms with Crippen LogP contribution < -0.4 is 0 Å². The van der Waals surface area contributed by atoms with E-state index in [0.717, 1.165) is 33.9 Å². The number of hydrogen-bond acceptors (Lipinski definition) is 4. The molecule has 2 aromatic carbocycles. The van der Waals surface area contributed by atoms with E-state index in [1.54, 1.807) is 9.25 Å². The van der Waals surface area contributed by atoms with Gasteiger partial charge in [0, 0.05) is 35.3 Å². The van der Waals surface area contributed by atoms with Gasteiger partial charge in [0.2, 0.25) is 0 Å². The van der Waals surface area contributed by atoms with E-state index in [0.29, 0.717) is 11.3 Å². The molecule has 0 bridgehead atoms. The van der Waals surface area contributed by atoms with E-state index in [-0.39, 0.29) is 11.4 Å². The van der Waals surface area contributed by atoms with Gasteiger partial charge in [-0.25, -0.2) is 4.39 Å². The fourth-order valence-corrected chi connectivity index (χ4v) is 3.74. The average molecular weight is 378 g/mol. The van der Waals surface area contributed by atoms with Gasteiger partial charge in [0.25, 0.3) is 0 Å². The monoisotopic (exact) mass is 378 g/mol. The molecule has 0 aliphatic heterocycles. The van der Waals surface area contributed by atoms with Crippen molar-refractivity contribution in [3.8, 4) is 22.7 Å². The summed E-state index contributed by atoms with van der Waals surface area (Å²) < 4.78 is 18.4. The third-order valence-electron chi connectivity index (χ3n) is 5.02. The van der Waals surface area contributed by atoms with E-state index < -0.39 is 5.82 Å². The first-order valence-electron chi connectivity index (χ1n) is 8.74. The molecule has 0 amide bonds. The molecule has 0 radical (unpaired) electrons. The molecule has 4 aromatic rings. The summed E-state index contributed by atoms with van der Waals surface area (Å²) in [5.74, 6) is -0.709. The molecule has 4 rings (SSSR count). The summed E-state index contributed by atoms with van der Waals surface area (Å²) in [7, 11) is 1.85. The van der Waals surface area contributed by atoms with Gasteiger partial charge in [-0.05, 0) is 32.0 Å². The number of oxime groups is 1. The van der Waals surface area contributed by atoms with Gasteiger partial charge in [0.1, 0.15) is 5.75 Å². The van der Waals surface area contributed by atoms with Crippen LogP contribution in [0.2, 0.25) is 0 Å². The molecule has 0 atom stereocenters. The van der Waals surface area contributed by atoms with Gasteiger partial charge in [0.05, 0.1) is 28.8 Å². The molecular weight excluding hydrogens is 359 g/mol. The molecule has 0 saturated carbocycles. The molecule has 0 unspecified atom stereocenters. The van der Waals surface area contributed by atoms with E-state index in [1.807, 2.05) is 45.2 Å². The van der Waals surface area contributed by atoms with Crippen LogP contribution in [-0.4, -0.2) is 30.9 Å². The van der Waals surface area contributed by atoms with Gasteiger partial charge in [-0.3, -0.25) is 4.68 Å². The molecule has 2 aromatic heterocycles. The number of benzene rings is 2. The number of aryl methyl sites for hydroxylation is 2. The Hall–Kier alpha value is -3.61. The number of halogens is 1. The predicted octanol–water partition coefficient (Wildman–Crippen LogP) is 4.30. The number of phenols is 1. The second-order valence-corrected chi connectivity index (χ2v) is 6.66. The van der Waals surface area contributed by atoms with Gasteiger partial charge in [0.15, 0.2) is 5.82 Å². The van der Waals surface area contributed by atoms with Crippen LogP contribution >= 0.6 is 0 Å². The Balaban J connectivity index is 2.23. The Morgan fingerprint density at radius 3 is 2.54 bits per heavy atom. The minimum atomic E-state index is -0.561. The summed E-state index contributed by atoms with van der Waals surface area (Å²) in [6.45, 7) is 3.82. The zero-order chi connectivity index (χ0) is 20.0. The molecule has 142 valence electrons. The molecular formula is C21H19FN4O2. The summed E-state index contributed by atoms with van der Waals surface area (Å²) in [6.07, 6.45) is 1.36. The Labute approximate surface area is 160 Å². The smallest absolute Gasteiger partial charge is 0.150 e. The second kappa shape index (κ2) is 6.53. The van der Waals surface area contributed by atoms with Crippen LogP contribution in [0.4, 0.5) is 4.39 Å². The van der Waals surface area contributed by atoms with E-state index >= 15 is 0 Å². The molecule has 28 heavy (non-hydrogen) atoms. The lowest BCUT2D eigenvalue weighted by atomic mass is 10.0. The minimum absolute atomic E-state index is 0.148. The lowest BCUT2D eigenvalue weighted by molar-refractivity contribution is 0.322. The van der Waals surface area contributed by atoms with Crippen molar-refractivity contribution in [2.75, 3.05) is 0 Å². The highest BCUT2D eigenvalue weighted by molar-refractivity contribution is 6.07. The van der Waals surface area contributed by atoms with Gasteiger partial charge in [-0.2, -0.15) is 5.10 Å². The quantitative estimate of drug-likeness (QED) is 0.317. The first-order valence-corrected chi connectivity index (χ1v) is 8.74. The zero-order valence-corrected chi connectivity index (χ0v) is 15.7. The molecule has 0 spiro atoms. The van der Waals surface area contributed by atoms with Crippen molar-refractivity contribution in [2.24, 2.45) is 12.2 Å². The molecule has 6 nitrogen and oxygen atoms in total. The maximum Gasteiger partial charge on any atom is 0.150 e. The van der Waals surface area contributed by atoms with Gasteiger partial charge >= 0.3 is 0 Å². The Morgan fingerprint density at radius 1 is 1.14 bits per heavy atom. The fraction of sp³-hybridized carbons (Fsp3) is 0.143. The largest absolute Gasteiger partial charge is 0.508 e. The molecule has 2 N–H and O–H groups in total. The van der Waals surface area contributed by atoms with E-state index in [2.05, 4.69) is 10.3 Å². The number of rotatable bonds is 3. The summed E-state index contributed by atoms with van der Waals surface area (Å²) >= 11 is 0. The maximum atomic E-state index is 14.9. The summed E-state index contributed by atoms with van der Waals surface area (Å²) in [5, 5.41) is 27.5. The van der Waals surface area contributed by atoms with Crippen LogP contribution in [-0.2, 0) is 7.05 Å². The normalized spacial score (nSPS) is 11.7. The van der Waals surface area contributed by atoms with Gasteiger partial charge < -0.3 is 14.9 Å². The Bertz CT molecular complexity index is 1240. The van der Waals surface area contributed by atoms with Crippen LogP contribution in [0.3, 0.4) is 0 Å². The summed E-state index contributed by atoms with van der Waals surface area (Å²) in [5.41, 5.74) is 4.87. The van der Waals surface area contributed by atoms with Crippen LogP contribution in [0, 0.1) is 19.7 Å². The summed E-state index contributed by atoms with van der Waals surface area (Å²) in [4.78, 5) is 0. The van der Waals surface area contributed by atoms with Crippen molar-refractivity contribution >= 4 is 17.1 Å². The maximum absolute atomic E-state index is 14.9. The van der Waals surface area contributed by atoms with Crippen LogP contribution in [0.5, 0.6) is 5.75 Å². The van der Waals surface area contributed by atoms with Crippen molar-refractivity contribution in [1.29, 1.82) is 0 Å². The van der Waals surface area contributed by atoms with Crippen molar-refractivity contribution < 1.29 is 14.7 Å². The molecule has 0 aliphatic rings. The van der Waals surface area contributed by atoms with E-state index in [1.165, 1.54) is 18.3 Å². The fourth-order valence-electron chi connectivity index (χ4n) is 3.74. The second-order valence-electron chi connectivity index (χ2n) is 6.66. The van der Waals surface area contributed by atoms with Gasteiger partial charge in [-0.15, -0.1) is 0 Å². The topological polar surface area (TPSA) is 75.6 Å². The van der Waals surface area contributed by atoms with E-state index in [9.17, 15) is 14.7 Å². The third-order valence-corrected chi connectivity index (χ3v) is 5.02. The highest BCUT2D eigenvalue weighted by Gasteiger charge is 2.25. The molecule has 0 aliphatic carbocycles. The first kappa shape index (κ1) is 17.8. The lowest BCUT2D eigenvalue weighted by Gasteiger charge is -2.13. The molecule has 0 fully saturated rings. The number of para-hydroxylation sites is 1. The van der Waals surface area contributed by atoms with Crippen molar-refractivity contribution in [3.63, 3.8) is 0 Å². The number of aromatic nitrogens is 3. The summed E-state index contributed by atoms with van der Waals surface area (Å²) in [6, 6.07) is 11.6. The molecule has 7 heteroatoms. The minimum Gasteiger partial charge on any atom is -0.508 e. The Morgan fingerprint density at radius 2 is 1.89 bits per heavy atom. The third kappa shape index (κ3) is 2.55. The number of phenolic OH excluding ortho intramolecular Hbond substituents is 1. The highest BCUT2D eigenvalue weighted by atomic mass is 19.1. The van der Waals surface area contributed by atoms with Crippen LogP contribution in [0.15, 0.2) is 47.6 Å². The SMILES string of the molecule is Cc1nn(C)c(C)c1-c1c(/C=N/O)c2ccccc2n1-c1ccc(O)cc1F. The van der Waals surface area contributed by atoms with Crippen molar-refractivity contribution in [3.05, 3.63) is 65.2 Å². The van der Waals surface area contributed by atoms with Crippen LogP contribution in [0.25, 0.3) is 27.8 Å². The molecule has 0 saturated heterocycles. The van der Waals surface area contributed by atoms with E-state index in [4.69, 9.17) is 0 Å². The van der Waals surface area contributed by atoms with Gasteiger partial charge in [-0.1, -0.05) is 23.4 Å². The van der Waals surface area contributed by atoms with Crippen molar-refractivity contribution in [2.45, 2.75) is 13.8 Å². The molecule has 2 heterocycles. The number of fused-ring (bicyclic) bond motifs is 1. The standard InChI is InChI=1S/C21H19FN4O2/c1-12-20(13(2)25(3)24-12)21-16(11-23-28)15-6-4-5-7-18(15)26(21)19-9-8-14(27)10-17(19)22/h4-11,27-28H,1-3H3/b23-11+. The first-order chi connectivity index (χ1) is 13.4. The number of nitrogens with zero attached hydrogens (tertiary/aromatic N) is 4.